The lowest BCUT2D eigenvalue weighted by molar-refractivity contribution is -0.117. The van der Waals surface area contributed by atoms with E-state index in [1.165, 1.54) is 0 Å². The zero-order chi connectivity index (χ0) is 18.1. The fourth-order valence-electron chi connectivity index (χ4n) is 3.57. The Morgan fingerprint density at radius 3 is 2.42 bits per heavy atom. The van der Waals surface area contributed by atoms with E-state index in [1.807, 2.05) is 55.6 Å². The molecule has 26 heavy (non-hydrogen) atoms. The topological polar surface area (TPSA) is 32.3 Å². The van der Waals surface area contributed by atoms with Gasteiger partial charge in [0, 0.05) is 18.4 Å². The largest absolute Gasteiger partial charge is 0.344 e. The first-order valence-electron chi connectivity index (χ1n) is 8.61. The number of nitrogens with zero attached hydrogens (tertiary/aromatic N) is 1. The predicted octanol–water partition coefficient (Wildman–Crippen LogP) is 5.39. The summed E-state index contributed by atoms with van der Waals surface area (Å²) in [5.41, 5.74) is 5.01. The Kier molecular flexibility index (Phi) is 4.39. The first kappa shape index (κ1) is 16.7. The minimum atomic E-state index is -0.284. The van der Waals surface area contributed by atoms with Crippen molar-refractivity contribution in [2.75, 3.05) is 17.3 Å². The van der Waals surface area contributed by atoms with E-state index in [2.05, 4.69) is 28.4 Å². The molecule has 0 aromatic heterocycles. The number of carbonyl (C=O) groups excluding carboxylic acids is 1. The van der Waals surface area contributed by atoms with Gasteiger partial charge in [0.1, 0.15) is 0 Å². The lowest BCUT2D eigenvalue weighted by atomic mass is 9.91. The number of anilines is 3. The standard InChI is InChI=1S/C22H19ClN2O/c1-25-20-12-6-2-8-15(20)14-17(16-9-3-7-13-21(16)25)22(26)24-19-11-5-4-10-18(19)23/h2-13,17H,14H2,1H3,(H,24,26)/t17-/m0/s1. The molecule has 4 heteroatoms. The maximum absolute atomic E-state index is 13.2. The lowest BCUT2D eigenvalue weighted by Gasteiger charge is -2.22. The van der Waals surface area contributed by atoms with E-state index in [0.717, 1.165) is 22.5 Å². The minimum absolute atomic E-state index is 0.0457. The van der Waals surface area contributed by atoms with Crippen molar-refractivity contribution >= 4 is 34.6 Å². The van der Waals surface area contributed by atoms with Crippen LogP contribution in [0.2, 0.25) is 5.02 Å². The van der Waals surface area contributed by atoms with Crippen molar-refractivity contribution in [1.29, 1.82) is 0 Å². The third-order valence-corrected chi connectivity index (χ3v) is 5.23. The number of hydrogen-bond donors (Lipinski definition) is 1. The van der Waals surface area contributed by atoms with Crippen LogP contribution in [0.5, 0.6) is 0 Å². The predicted molar refractivity (Wildman–Crippen MR) is 107 cm³/mol. The number of amides is 1. The molecule has 0 saturated carbocycles. The first-order valence-corrected chi connectivity index (χ1v) is 8.99. The number of hydrogen-bond acceptors (Lipinski definition) is 2. The van der Waals surface area contributed by atoms with Crippen molar-refractivity contribution < 1.29 is 4.79 Å². The smallest absolute Gasteiger partial charge is 0.232 e. The van der Waals surface area contributed by atoms with Crippen molar-refractivity contribution in [3.63, 3.8) is 0 Å². The highest BCUT2D eigenvalue weighted by Crippen LogP contribution is 2.40. The molecular formula is C22H19ClN2O. The van der Waals surface area contributed by atoms with Crippen LogP contribution in [0.4, 0.5) is 17.1 Å². The summed E-state index contributed by atoms with van der Waals surface area (Å²) >= 11 is 6.22. The summed E-state index contributed by atoms with van der Waals surface area (Å²) in [7, 11) is 2.05. The Balaban J connectivity index is 1.77. The van der Waals surface area contributed by atoms with Crippen molar-refractivity contribution in [3.05, 3.63) is 88.9 Å². The molecule has 0 fully saturated rings. The first-order chi connectivity index (χ1) is 12.6. The van der Waals surface area contributed by atoms with Crippen LogP contribution in [-0.2, 0) is 11.2 Å². The van der Waals surface area contributed by atoms with Crippen LogP contribution in [0.15, 0.2) is 72.8 Å². The molecule has 0 spiro atoms. The van der Waals surface area contributed by atoms with Crippen LogP contribution >= 0.6 is 11.6 Å². The summed E-state index contributed by atoms with van der Waals surface area (Å²) in [4.78, 5) is 15.3. The summed E-state index contributed by atoms with van der Waals surface area (Å²) in [6, 6.07) is 23.6. The van der Waals surface area contributed by atoms with Crippen LogP contribution in [0.1, 0.15) is 17.0 Å². The maximum Gasteiger partial charge on any atom is 0.232 e. The van der Waals surface area contributed by atoms with Gasteiger partial charge in [-0.25, -0.2) is 0 Å². The van der Waals surface area contributed by atoms with E-state index in [1.54, 1.807) is 6.07 Å². The Morgan fingerprint density at radius 1 is 0.962 bits per heavy atom. The molecule has 0 radical (unpaired) electrons. The molecule has 0 saturated heterocycles. The molecule has 0 unspecified atom stereocenters. The third kappa shape index (κ3) is 2.95. The molecule has 1 heterocycles. The van der Waals surface area contributed by atoms with Gasteiger partial charge in [0.2, 0.25) is 5.91 Å². The molecule has 0 bridgehead atoms. The summed E-state index contributed by atoms with van der Waals surface area (Å²) in [6.07, 6.45) is 0.647. The van der Waals surface area contributed by atoms with Gasteiger partial charge in [-0.3, -0.25) is 4.79 Å². The van der Waals surface area contributed by atoms with E-state index < -0.39 is 0 Å². The summed E-state index contributed by atoms with van der Waals surface area (Å²) < 4.78 is 0. The number of fused-ring (bicyclic) bond motifs is 2. The normalized spacial score (nSPS) is 15.6. The van der Waals surface area contributed by atoms with Crippen LogP contribution < -0.4 is 10.2 Å². The number of rotatable bonds is 2. The van der Waals surface area contributed by atoms with E-state index in [9.17, 15) is 4.79 Å². The molecule has 1 amide bonds. The van der Waals surface area contributed by atoms with Crippen molar-refractivity contribution in [2.24, 2.45) is 0 Å². The molecule has 1 aliphatic rings. The van der Waals surface area contributed by atoms with Gasteiger partial charge in [-0.15, -0.1) is 0 Å². The Morgan fingerprint density at radius 2 is 1.62 bits per heavy atom. The SMILES string of the molecule is CN1c2ccccc2C[C@H](C(=O)Nc2ccccc2Cl)c2ccccc21. The molecule has 3 aromatic rings. The van der Waals surface area contributed by atoms with Gasteiger partial charge >= 0.3 is 0 Å². The second kappa shape index (κ2) is 6.85. The summed E-state index contributed by atoms with van der Waals surface area (Å²) in [5, 5.41) is 3.55. The van der Waals surface area contributed by atoms with Gasteiger partial charge in [0.25, 0.3) is 0 Å². The second-order valence-corrected chi connectivity index (χ2v) is 6.88. The molecular weight excluding hydrogens is 344 g/mol. The fourth-order valence-corrected chi connectivity index (χ4v) is 3.76. The van der Waals surface area contributed by atoms with Crippen molar-refractivity contribution in [3.8, 4) is 0 Å². The third-order valence-electron chi connectivity index (χ3n) is 4.90. The van der Waals surface area contributed by atoms with Crippen LogP contribution in [0.3, 0.4) is 0 Å². The number of halogens is 1. The molecule has 1 aliphatic heterocycles. The van der Waals surface area contributed by atoms with Crippen molar-refractivity contribution in [2.45, 2.75) is 12.3 Å². The number of para-hydroxylation sites is 3. The zero-order valence-corrected chi connectivity index (χ0v) is 15.2. The lowest BCUT2D eigenvalue weighted by Crippen LogP contribution is -2.23. The second-order valence-electron chi connectivity index (χ2n) is 6.47. The number of nitrogens with one attached hydrogen (secondary N) is 1. The summed E-state index contributed by atoms with van der Waals surface area (Å²) in [5.74, 6) is -0.329. The Bertz CT molecular complexity index is 970. The molecule has 3 nitrogen and oxygen atoms in total. The number of carbonyl (C=O) groups is 1. The van der Waals surface area contributed by atoms with Crippen molar-refractivity contribution in [1.82, 2.24) is 0 Å². The van der Waals surface area contributed by atoms with E-state index in [4.69, 9.17) is 11.6 Å². The molecule has 3 aromatic carbocycles. The van der Waals surface area contributed by atoms with Crippen LogP contribution in [-0.4, -0.2) is 13.0 Å². The highest BCUT2D eigenvalue weighted by molar-refractivity contribution is 6.33. The molecule has 0 aliphatic carbocycles. The maximum atomic E-state index is 13.2. The minimum Gasteiger partial charge on any atom is -0.344 e. The van der Waals surface area contributed by atoms with Crippen LogP contribution in [0, 0.1) is 0 Å². The van der Waals surface area contributed by atoms with Gasteiger partial charge in [-0.2, -0.15) is 0 Å². The van der Waals surface area contributed by atoms with Gasteiger partial charge in [0.05, 0.1) is 16.6 Å². The highest BCUT2D eigenvalue weighted by Gasteiger charge is 2.29. The van der Waals surface area contributed by atoms with Gasteiger partial charge in [-0.1, -0.05) is 60.1 Å². The quantitative estimate of drug-likeness (QED) is 0.663. The average Bonchev–Trinajstić information content (AvgIpc) is 2.79. The van der Waals surface area contributed by atoms with Gasteiger partial charge in [-0.05, 0) is 41.8 Å². The zero-order valence-electron chi connectivity index (χ0n) is 14.4. The monoisotopic (exact) mass is 362 g/mol. The molecule has 4 rings (SSSR count). The molecule has 1 N–H and O–H groups in total. The van der Waals surface area contributed by atoms with E-state index >= 15 is 0 Å². The van der Waals surface area contributed by atoms with E-state index in [0.29, 0.717) is 17.1 Å². The Labute approximate surface area is 158 Å². The highest BCUT2D eigenvalue weighted by atomic mass is 35.5. The average molecular weight is 363 g/mol. The Hall–Kier alpha value is -2.78. The van der Waals surface area contributed by atoms with E-state index in [-0.39, 0.29) is 11.8 Å². The fraction of sp³-hybridized carbons (Fsp3) is 0.136. The van der Waals surface area contributed by atoms with Gasteiger partial charge < -0.3 is 10.2 Å². The molecule has 130 valence electrons. The summed E-state index contributed by atoms with van der Waals surface area (Å²) in [6.45, 7) is 0. The van der Waals surface area contributed by atoms with Gasteiger partial charge in [0.15, 0.2) is 0 Å². The van der Waals surface area contributed by atoms with Crippen LogP contribution in [0.25, 0.3) is 0 Å². The number of benzene rings is 3. The molecule has 1 atom stereocenters.